The predicted molar refractivity (Wildman–Crippen MR) is 125 cm³/mol. The Labute approximate surface area is 184 Å². The van der Waals surface area contributed by atoms with Crippen molar-refractivity contribution in [3.8, 4) is 0 Å². The number of benzene rings is 2. The van der Waals surface area contributed by atoms with Gasteiger partial charge >= 0.3 is 0 Å². The van der Waals surface area contributed by atoms with Crippen molar-refractivity contribution in [2.75, 3.05) is 31.1 Å². The van der Waals surface area contributed by atoms with Crippen molar-refractivity contribution in [2.45, 2.75) is 19.8 Å². The number of fused-ring (bicyclic) bond motifs is 1. The van der Waals surface area contributed by atoms with Gasteiger partial charge in [-0.25, -0.2) is 4.98 Å². The SMILES string of the molecule is CC(C)c1cccc2sc(N3CCN(C(=O)/C=C\c4ccc([N+](=O)[O-])cc4)CC3)nc12. The quantitative estimate of drug-likeness (QED) is 0.329. The van der Waals surface area contributed by atoms with E-state index in [0.29, 0.717) is 19.0 Å². The maximum atomic E-state index is 12.5. The van der Waals surface area contributed by atoms with Crippen molar-refractivity contribution >= 4 is 44.4 Å². The van der Waals surface area contributed by atoms with E-state index in [0.717, 1.165) is 29.3 Å². The van der Waals surface area contributed by atoms with Crippen LogP contribution in [0.2, 0.25) is 0 Å². The molecule has 4 rings (SSSR count). The minimum absolute atomic E-state index is 0.0370. The summed E-state index contributed by atoms with van der Waals surface area (Å²) in [6.07, 6.45) is 3.23. The number of piperazine rings is 1. The molecule has 1 amide bonds. The molecule has 0 bridgehead atoms. The van der Waals surface area contributed by atoms with Gasteiger partial charge in [0.05, 0.1) is 15.1 Å². The average Bonchev–Trinajstić information content (AvgIpc) is 3.22. The highest BCUT2D eigenvalue weighted by molar-refractivity contribution is 7.22. The van der Waals surface area contributed by atoms with Gasteiger partial charge < -0.3 is 9.80 Å². The van der Waals surface area contributed by atoms with Gasteiger partial charge in [-0.15, -0.1) is 0 Å². The Morgan fingerprint density at radius 3 is 2.48 bits per heavy atom. The van der Waals surface area contributed by atoms with Crippen LogP contribution in [0.15, 0.2) is 48.5 Å². The summed E-state index contributed by atoms with van der Waals surface area (Å²) in [7, 11) is 0. The number of nitro groups is 1. The first-order chi connectivity index (χ1) is 14.9. The number of anilines is 1. The molecule has 1 aromatic heterocycles. The standard InChI is InChI=1S/C23H24N4O3S/c1-16(2)19-4-3-5-20-22(19)24-23(31-20)26-14-12-25(13-15-26)21(28)11-8-17-6-9-18(10-7-17)27(29)30/h3-11,16H,12-15H2,1-2H3/b11-8-. The summed E-state index contributed by atoms with van der Waals surface area (Å²) in [5, 5.41) is 11.7. The van der Waals surface area contributed by atoms with Gasteiger partial charge in [-0.2, -0.15) is 0 Å². The van der Waals surface area contributed by atoms with Crippen molar-refractivity contribution in [1.82, 2.24) is 9.88 Å². The molecular formula is C23H24N4O3S. The summed E-state index contributed by atoms with van der Waals surface area (Å²) in [4.78, 5) is 31.8. The summed E-state index contributed by atoms with van der Waals surface area (Å²) < 4.78 is 1.20. The number of nitrogens with zero attached hydrogens (tertiary/aromatic N) is 4. The number of amides is 1. The van der Waals surface area contributed by atoms with Gasteiger partial charge in [0.15, 0.2) is 5.13 Å². The van der Waals surface area contributed by atoms with Crippen molar-refractivity contribution in [3.05, 3.63) is 69.8 Å². The Morgan fingerprint density at radius 1 is 1.13 bits per heavy atom. The van der Waals surface area contributed by atoms with Gasteiger partial charge in [0.2, 0.25) is 5.91 Å². The lowest BCUT2D eigenvalue weighted by molar-refractivity contribution is -0.384. The van der Waals surface area contributed by atoms with Crippen molar-refractivity contribution in [2.24, 2.45) is 0 Å². The van der Waals surface area contributed by atoms with Crippen LogP contribution >= 0.6 is 11.3 Å². The van der Waals surface area contributed by atoms with Crippen LogP contribution in [0.25, 0.3) is 16.3 Å². The third-order valence-electron chi connectivity index (χ3n) is 5.45. The van der Waals surface area contributed by atoms with Crippen molar-refractivity contribution in [1.29, 1.82) is 0 Å². The van der Waals surface area contributed by atoms with Crippen LogP contribution in [0.3, 0.4) is 0 Å². The monoisotopic (exact) mass is 436 g/mol. The number of thiazole rings is 1. The molecule has 1 aliphatic rings. The van der Waals surface area contributed by atoms with E-state index in [1.54, 1.807) is 29.5 Å². The second-order valence-corrected chi connectivity index (χ2v) is 8.85. The molecule has 0 unspecified atom stereocenters. The topological polar surface area (TPSA) is 79.6 Å². The third kappa shape index (κ3) is 4.59. The zero-order valence-electron chi connectivity index (χ0n) is 17.5. The lowest BCUT2D eigenvalue weighted by Crippen LogP contribution is -2.48. The van der Waals surface area contributed by atoms with E-state index in [1.165, 1.54) is 28.5 Å². The van der Waals surface area contributed by atoms with E-state index in [2.05, 4.69) is 36.9 Å². The maximum absolute atomic E-state index is 12.5. The van der Waals surface area contributed by atoms with Gasteiger partial charge in [-0.05, 0) is 41.3 Å². The number of carbonyl (C=O) groups is 1. The lowest BCUT2D eigenvalue weighted by atomic mass is 10.0. The second-order valence-electron chi connectivity index (χ2n) is 7.84. The number of nitro benzene ring substituents is 1. The number of carbonyl (C=O) groups excluding carboxylic acids is 1. The number of hydrogen-bond donors (Lipinski definition) is 0. The second kappa shape index (κ2) is 8.85. The molecule has 1 saturated heterocycles. The van der Waals surface area contributed by atoms with E-state index in [9.17, 15) is 14.9 Å². The number of para-hydroxylation sites is 1. The highest BCUT2D eigenvalue weighted by Crippen LogP contribution is 2.33. The molecule has 7 nitrogen and oxygen atoms in total. The summed E-state index contributed by atoms with van der Waals surface area (Å²) in [5.41, 5.74) is 3.15. The average molecular weight is 437 g/mol. The van der Waals surface area contributed by atoms with E-state index < -0.39 is 4.92 Å². The maximum Gasteiger partial charge on any atom is 0.269 e. The molecule has 0 atom stereocenters. The first-order valence-corrected chi connectivity index (χ1v) is 11.1. The van der Waals surface area contributed by atoms with Crippen LogP contribution in [0, 0.1) is 10.1 Å². The predicted octanol–water partition coefficient (Wildman–Crippen LogP) is 4.69. The smallest absolute Gasteiger partial charge is 0.269 e. The Morgan fingerprint density at radius 2 is 1.84 bits per heavy atom. The molecule has 3 aromatic rings. The summed E-state index contributed by atoms with van der Waals surface area (Å²) in [6, 6.07) is 12.5. The van der Waals surface area contributed by atoms with Gasteiger partial charge in [0.25, 0.3) is 5.69 Å². The van der Waals surface area contributed by atoms with Gasteiger partial charge in [0, 0.05) is 44.4 Å². The largest absolute Gasteiger partial charge is 0.345 e. The Hall–Kier alpha value is -3.26. The number of rotatable bonds is 5. The highest BCUT2D eigenvalue weighted by Gasteiger charge is 2.22. The molecule has 0 saturated carbocycles. The van der Waals surface area contributed by atoms with Crippen LogP contribution in [0.4, 0.5) is 10.8 Å². The Kier molecular flexibility index (Phi) is 5.99. The van der Waals surface area contributed by atoms with Crippen LogP contribution in [-0.2, 0) is 4.79 Å². The fourth-order valence-corrected chi connectivity index (χ4v) is 4.71. The molecule has 1 aliphatic heterocycles. The van der Waals surface area contributed by atoms with E-state index in [-0.39, 0.29) is 11.6 Å². The van der Waals surface area contributed by atoms with E-state index >= 15 is 0 Å². The zero-order chi connectivity index (χ0) is 22.0. The summed E-state index contributed by atoms with van der Waals surface area (Å²) in [5.74, 6) is 0.375. The molecule has 2 aromatic carbocycles. The van der Waals surface area contributed by atoms with E-state index in [1.807, 2.05) is 4.90 Å². The summed E-state index contributed by atoms with van der Waals surface area (Å²) in [6.45, 7) is 7.12. The first-order valence-electron chi connectivity index (χ1n) is 10.3. The molecule has 8 heteroatoms. The number of non-ortho nitro benzene ring substituents is 1. The molecule has 0 N–H and O–H groups in total. The lowest BCUT2D eigenvalue weighted by Gasteiger charge is -2.34. The molecule has 0 aliphatic carbocycles. The van der Waals surface area contributed by atoms with Crippen LogP contribution in [-0.4, -0.2) is 46.9 Å². The number of hydrogen-bond acceptors (Lipinski definition) is 6. The van der Waals surface area contributed by atoms with Gasteiger partial charge in [0.1, 0.15) is 0 Å². The van der Waals surface area contributed by atoms with Gasteiger partial charge in [-0.3, -0.25) is 14.9 Å². The summed E-state index contributed by atoms with van der Waals surface area (Å²) >= 11 is 1.71. The highest BCUT2D eigenvalue weighted by atomic mass is 32.1. The minimum atomic E-state index is -0.437. The van der Waals surface area contributed by atoms with Crippen LogP contribution < -0.4 is 4.90 Å². The van der Waals surface area contributed by atoms with Gasteiger partial charge in [-0.1, -0.05) is 37.3 Å². The fourth-order valence-electron chi connectivity index (χ4n) is 3.66. The van der Waals surface area contributed by atoms with Crippen molar-refractivity contribution < 1.29 is 9.72 Å². The minimum Gasteiger partial charge on any atom is -0.345 e. The molecule has 0 radical (unpaired) electrons. The first kappa shape index (κ1) is 21.0. The van der Waals surface area contributed by atoms with Crippen molar-refractivity contribution in [3.63, 3.8) is 0 Å². The zero-order valence-corrected chi connectivity index (χ0v) is 18.3. The van der Waals surface area contributed by atoms with E-state index in [4.69, 9.17) is 4.98 Å². The molecule has 0 spiro atoms. The molecule has 31 heavy (non-hydrogen) atoms. The molecule has 160 valence electrons. The molecular weight excluding hydrogens is 412 g/mol. The fraction of sp³-hybridized carbons (Fsp3) is 0.304. The third-order valence-corrected chi connectivity index (χ3v) is 6.53. The normalized spacial score (nSPS) is 14.7. The Bertz CT molecular complexity index is 1130. The number of aromatic nitrogens is 1. The Balaban J connectivity index is 1.38. The van der Waals surface area contributed by atoms with Crippen LogP contribution in [0.1, 0.15) is 30.9 Å². The molecule has 1 fully saturated rings. The molecule has 2 heterocycles. The van der Waals surface area contributed by atoms with Crippen LogP contribution in [0.5, 0.6) is 0 Å².